The van der Waals surface area contributed by atoms with Gasteiger partial charge >= 0.3 is 0 Å². The second kappa shape index (κ2) is 6.36. The second-order valence-corrected chi connectivity index (χ2v) is 7.87. The van der Waals surface area contributed by atoms with Gasteiger partial charge in [-0.3, -0.25) is 0 Å². The van der Waals surface area contributed by atoms with Crippen LogP contribution in [0.2, 0.25) is 0 Å². The highest BCUT2D eigenvalue weighted by molar-refractivity contribution is 7.89. The average molecular weight is 310 g/mol. The predicted octanol–water partition coefficient (Wildman–Crippen LogP) is 3.23. The van der Waals surface area contributed by atoms with Gasteiger partial charge < -0.3 is 5.73 Å². The molecule has 0 aliphatic carbocycles. The van der Waals surface area contributed by atoms with E-state index in [1.54, 1.807) is 10.4 Å². The van der Waals surface area contributed by atoms with Crippen LogP contribution in [0.1, 0.15) is 50.2 Å². The van der Waals surface area contributed by atoms with Gasteiger partial charge in [-0.15, -0.1) is 0 Å². The quantitative estimate of drug-likeness (QED) is 0.868. The van der Waals surface area contributed by atoms with Gasteiger partial charge in [-0.2, -0.15) is 4.31 Å². The van der Waals surface area contributed by atoms with E-state index in [-0.39, 0.29) is 6.04 Å². The van der Waals surface area contributed by atoms with Gasteiger partial charge in [-0.25, -0.2) is 8.42 Å². The molecule has 0 aromatic heterocycles. The van der Waals surface area contributed by atoms with Crippen LogP contribution >= 0.6 is 0 Å². The van der Waals surface area contributed by atoms with Crippen LogP contribution in [-0.2, 0) is 10.0 Å². The third kappa shape index (κ3) is 3.24. The van der Waals surface area contributed by atoms with Gasteiger partial charge in [0.15, 0.2) is 0 Å². The topological polar surface area (TPSA) is 63.4 Å². The number of aryl methyl sites for hydroxylation is 1. The molecule has 1 aromatic carbocycles. The van der Waals surface area contributed by atoms with Gasteiger partial charge in [0.2, 0.25) is 10.0 Å². The lowest BCUT2D eigenvalue weighted by atomic mass is 10.0. The molecule has 2 rings (SSSR count). The first-order valence-corrected chi connectivity index (χ1v) is 9.20. The second-order valence-electron chi connectivity index (χ2n) is 6.01. The Kier molecular flexibility index (Phi) is 4.94. The molecule has 1 aliphatic rings. The maximum atomic E-state index is 13.1. The standard InChI is InChI=1S/C16H26N2O2S/c1-4-7-15-8-5-6-9-18(15)21(19,20)16-11-14(17)10-12(2)13(16)3/h10-11,15H,4-9,17H2,1-3H3. The highest BCUT2D eigenvalue weighted by Gasteiger charge is 2.34. The van der Waals surface area contributed by atoms with E-state index in [4.69, 9.17) is 5.73 Å². The smallest absolute Gasteiger partial charge is 0.243 e. The molecule has 0 bridgehead atoms. The molecule has 0 radical (unpaired) electrons. The zero-order chi connectivity index (χ0) is 15.6. The molecule has 2 N–H and O–H groups in total. The van der Waals surface area contributed by atoms with E-state index in [0.717, 1.165) is 43.2 Å². The predicted molar refractivity (Wildman–Crippen MR) is 86.8 cm³/mol. The zero-order valence-corrected chi connectivity index (χ0v) is 14.0. The molecule has 0 spiro atoms. The fourth-order valence-corrected chi connectivity index (χ4v) is 5.22. The van der Waals surface area contributed by atoms with Crippen molar-refractivity contribution in [2.45, 2.75) is 63.8 Å². The molecule has 1 saturated heterocycles. The molecule has 118 valence electrons. The van der Waals surface area contributed by atoms with Gasteiger partial charge in [0.05, 0.1) is 4.90 Å². The zero-order valence-electron chi connectivity index (χ0n) is 13.2. The molecule has 1 aromatic rings. The fraction of sp³-hybridized carbons (Fsp3) is 0.625. The number of benzene rings is 1. The summed E-state index contributed by atoms with van der Waals surface area (Å²) in [4.78, 5) is 0.378. The highest BCUT2D eigenvalue weighted by Crippen LogP contribution is 2.31. The van der Waals surface area contributed by atoms with Crippen molar-refractivity contribution in [3.8, 4) is 0 Å². The third-order valence-electron chi connectivity index (χ3n) is 4.42. The summed E-state index contributed by atoms with van der Waals surface area (Å²) in [7, 11) is -3.46. The van der Waals surface area contributed by atoms with Crippen LogP contribution < -0.4 is 5.73 Å². The molecule has 1 heterocycles. The molecule has 1 atom stereocenters. The maximum absolute atomic E-state index is 13.1. The molecule has 0 saturated carbocycles. The Labute approximate surface area is 128 Å². The van der Waals surface area contributed by atoms with Crippen LogP contribution in [-0.4, -0.2) is 25.3 Å². The summed E-state index contributed by atoms with van der Waals surface area (Å²) in [6, 6.07) is 3.57. The molecular weight excluding hydrogens is 284 g/mol. The van der Waals surface area contributed by atoms with Gasteiger partial charge in [0, 0.05) is 18.3 Å². The van der Waals surface area contributed by atoms with E-state index >= 15 is 0 Å². The lowest BCUT2D eigenvalue weighted by Gasteiger charge is -2.35. The van der Waals surface area contributed by atoms with Crippen LogP contribution in [0, 0.1) is 13.8 Å². The van der Waals surface area contributed by atoms with Crippen LogP contribution in [0.5, 0.6) is 0 Å². The number of sulfonamides is 1. The number of hydrogen-bond donors (Lipinski definition) is 1. The first kappa shape index (κ1) is 16.3. The fourth-order valence-electron chi connectivity index (χ4n) is 3.16. The van der Waals surface area contributed by atoms with Gasteiger partial charge in [0.1, 0.15) is 0 Å². The summed E-state index contributed by atoms with van der Waals surface area (Å²) in [6.07, 6.45) is 4.96. The largest absolute Gasteiger partial charge is 0.399 e. The molecule has 0 amide bonds. The average Bonchev–Trinajstić information content (AvgIpc) is 2.43. The summed E-state index contributed by atoms with van der Waals surface area (Å²) in [6.45, 7) is 6.50. The maximum Gasteiger partial charge on any atom is 0.243 e. The Morgan fingerprint density at radius 3 is 2.67 bits per heavy atom. The van der Waals surface area contributed by atoms with Crippen molar-refractivity contribution < 1.29 is 8.42 Å². The lowest BCUT2D eigenvalue weighted by molar-refractivity contribution is 0.239. The normalized spacial score (nSPS) is 20.6. The van der Waals surface area contributed by atoms with Crippen LogP contribution in [0.25, 0.3) is 0 Å². The first-order valence-electron chi connectivity index (χ1n) is 7.76. The summed E-state index contributed by atoms with van der Waals surface area (Å²) >= 11 is 0. The number of rotatable bonds is 4. The Balaban J connectivity index is 2.45. The number of nitrogen functional groups attached to an aromatic ring is 1. The number of nitrogens with zero attached hydrogens (tertiary/aromatic N) is 1. The van der Waals surface area contributed by atoms with E-state index < -0.39 is 10.0 Å². The molecule has 5 heteroatoms. The summed E-state index contributed by atoms with van der Waals surface area (Å²) in [5.74, 6) is 0. The SMILES string of the molecule is CCCC1CCCCN1S(=O)(=O)c1cc(N)cc(C)c1C. The van der Waals surface area contributed by atoms with Crippen LogP contribution in [0.15, 0.2) is 17.0 Å². The van der Waals surface area contributed by atoms with Crippen molar-refractivity contribution >= 4 is 15.7 Å². The summed E-state index contributed by atoms with van der Waals surface area (Å²) < 4.78 is 27.8. The van der Waals surface area contributed by atoms with E-state index in [1.807, 2.05) is 19.9 Å². The van der Waals surface area contributed by atoms with Gasteiger partial charge in [-0.05, 0) is 56.4 Å². The van der Waals surface area contributed by atoms with Crippen molar-refractivity contribution in [2.24, 2.45) is 0 Å². The Morgan fingerprint density at radius 1 is 1.29 bits per heavy atom. The van der Waals surface area contributed by atoms with Crippen molar-refractivity contribution in [3.63, 3.8) is 0 Å². The minimum atomic E-state index is -3.46. The number of piperidine rings is 1. The minimum absolute atomic E-state index is 0.134. The Hall–Kier alpha value is -1.07. The number of hydrogen-bond acceptors (Lipinski definition) is 3. The minimum Gasteiger partial charge on any atom is -0.399 e. The molecule has 4 nitrogen and oxygen atoms in total. The molecule has 21 heavy (non-hydrogen) atoms. The van der Waals surface area contributed by atoms with Crippen molar-refractivity contribution in [2.75, 3.05) is 12.3 Å². The number of nitrogens with two attached hydrogens (primary N) is 1. The molecule has 1 unspecified atom stereocenters. The van der Waals surface area contributed by atoms with E-state index in [2.05, 4.69) is 6.92 Å². The van der Waals surface area contributed by atoms with E-state index in [0.29, 0.717) is 17.1 Å². The van der Waals surface area contributed by atoms with Crippen molar-refractivity contribution in [1.29, 1.82) is 0 Å². The Bertz CT molecular complexity index is 609. The molecular formula is C16H26N2O2S. The first-order chi connectivity index (χ1) is 9.87. The van der Waals surface area contributed by atoms with Crippen molar-refractivity contribution in [1.82, 2.24) is 4.31 Å². The summed E-state index contributed by atoms with van der Waals surface area (Å²) in [5.41, 5.74) is 8.12. The van der Waals surface area contributed by atoms with Crippen molar-refractivity contribution in [3.05, 3.63) is 23.3 Å². The van der Waals surface area contributed by atoms with E-state index in [1.165, 1.54) is 0 Å². The third-order valence-corrected chi connectivity index (χ3v) is 6.50. The van der Waals surface area contributed by atoms with Gasteiger partial charge in [-0.1, -0.05) is 19.8 Å². The van der Waals surface area contributed by atoms with Crippen LogP contribution in [0.3, 0.4) is 0 Å². The lowest BCUT2D eigenvalue weighted by Crippen LogP contribution is -2.43. The Morgan fingerprint density at radius 2 is 2.00 bits per heavy atom. The van der Waals surface area contributed by atoms with Crippen LogP contribution in [0.4, 0.5) is 5.69 Å². The molecule has 1 fully saturated rings. The van der Waals surface area contributed by atoms with Gasteiger partial charge in [0.25, 0.3) is 0 Å². The highest BCUT2D eigenvalue weighted by atomic mass is 32.2. The summed E-state index contributed by atoms with van der Waals surface area (Å²) in [5, 5.41) is 0. The monoisotopic (exact) mass is 310 g/mol. The molecule has 1 aliphatic heterocycles. The van der Waals surface area contributed by atoms with E-state index in [9.17, 15) is 8.42 Å². The number of anilines is 1.